The van der Waals surface area contributed by atoms with E-state index in [2.05, 4.69) is 0 Å². The molecule has 0 radical (unpaired) electrons. The molecule has 0 atom stereocenters. The van der Waals surface area contributed by atoms with Gasteiger partial charge in [0.2, 0.25) is 18.0 Å². The molecule has 0 saturated heterocycles. The first kappa shape index (κ1) is 22.0. The van der Waals surface area contributed by atoms with Crippen LogP contribution in [0.25, 0.3) is 22.1 Å². The quantitative estimate of drug-likeness (QED) is 0.598. The summed E-state index contributed by atoms with van der Waals surface area (Å²) in [5.74, 6) is -1.14. The molecule has 6 nitrogen and oxygen atoms in total. The summed E-state index contributed by atoms with van der Waals surface area (Å²) in [6.07, 6.45) is -4.94. The van der Waals surface area contributed by atoms with Gasteiger partial charge in [-0.3, -0.25) is 4.79 Å². The lowest BCUT2D eigenvalue weighted by atomic mass is 9.94. The molecule has 1 aromatic heterocycles. The fraction of sp³-hybridized carbons (Fsp3) is 0.348. The summed E-state index contributed by atoms with van der Waals surface area (Å²) in [6, 6.07) is 5.57. The van der Waals surface area contributed by atoms with E-state index in [9.17, 15) is 23.1 Å². The second kappa shape index (κ2) is 7.74. The zero-order valence-corrected chi connectivity index (χ0v) is 18.0. The molecule has 1 N–H and O–H groups in total. The van der Waals surface area contributed by atoms with Crippen molar-refractivity contribution >= 4 is 11.0 Å². The first-order valence-electron chi connectivity index (χ1n) is 9.96. The lowest BCUT2D eigenvalue weighted by Crippen LogP contribution is -2.18. The number of phenolic OH excluding ortho intramolecular Hbond substituents is 1. The van der Waals surface area contributed by atoms with Crippen molar-refractivity contribution in [1.29, 1.82) is 0 Å². The number of nitrogens with zero attached hydrogens (tertiary/aromatic N) is 1. The summed E-state index contributed by atoms with van der Waals surface area (Å²) >= 11 is 0. The maximum absolute atomic E-state index is 14.1. The molecule has 0 fully saturated rings. The van der Waals surface area contributed by atoms with Gasteiger partial charge in [-0.25, -0.2) is 0 Å². The summed E-state index contributed by atoms with van der Waals surface area (Å²) in [6.45, 7) is 3.68. The third-order valence-corrected chi connectivity index (χ3v) is 5.30. The molecule has 1 aliphatic heterocycles. The number of aromatic hydroxyl groups is 1. The van der Waals surface area contributed by atoms with Gasteiger partial charge in [-0.05, 0) is 49.3 Å². The van der Waals surface area contributed by atoms with Crippen LogP contribution >= 0.6 is 0 Å². The number of hydrogen-bond donors (Lipinski definition) is 1. The Labute approximate surface area is 181 Å². The highest BCUT2D eigenvalue weighted by molar-refractivity contribution is 5.88. The van der Waals surface area contributed by atoms with Crippen LogP contribution in [0, 0.1) is 0 Å². The SMILES string of the molecule is CC(C)c1cc2c(=O)c(-c3ccc4c(c3)OCO4)c(C(F)(F)F)oc2c(CN(C)C)c1O. The zero-order valence-electron chi connectivity index (χ0n) is 18.0. The molecule has 3 aromatic rings. The van der Waals surface area contributed by atoms with Crippen LogP contribution in [0.3, 0.4) is 0 Å². The fourth-order valence-electron chi connectivity index (χ4n) is 3.83. The van der Waals surface area contributed by atoms with Crippen molar-refractivity contribution in [2.24, 2.45) is 0 Å². The Morgan fingerprint density at radius 3 is 2.44 bits per heavy atom. The molecule has 9 heteroatoms. The predicted molar refractivity (Wildman–Crippen MR) is 112 cm³/mol. The van der Waals surface area contributed by atoms with Crippen LogP contribution in [0.1, 0.15) is 36.7 Å². The standard InChI is InChI=1S/C23H22F3NO5/c1-11(2)13-8-14-20(29)18(12-5-6-16-17(7-12)31-10-30-16)22(23(24,25)26)32-21(14)15(19(13)28)9-27(3)4/h5-8,11,28H,9-10H2,1-4H3. The topological polar surface area (TPSA) is 72.1 Å². The van der Waals surface area contributed by atoms with E-state index in [1.54, 1.807) is 19.0 Å². The van der Waals surface area contributed by atoms with Gasteiger partial charge in [0.25, 0.3) is 0 Å². The van der Waals surface area contributed by atoms with E-state index in [0.29, 0.717) is 11.3 Å². The lowest BCUT2D eigenvalue weighted by Gasteiger charge is -2.20. The first-order valence-corrected chi connectivity index (χ1v) is 9.96. The minimum absolute atomic E-state index is 0.00514. The molecule has 1 aliphatic rings. The highest BCUT2D eigenvalue weighted by Gasteiger charge is 2.40. The summed E-state index contributed by atoms with van der Waals surface area (Å²) in [5, 5.41) is 10.8. The van der Waals surface area contributed by atoms with E-state index >= 15 is 0 Å². The number of rotatable bonds is 4. The molecule has 170 valence electrons. The Morgan fingerprint density at radius 2 is 1.81 bits per heavy atom. The Kier molecular flexibility index (Phi) is 5.32. The molecule has 0 spiro atoms. The number of phenols is 1. The van der Waals surface area contributed by atoms with Gasteiger partial charge in [-0.15, -0.1) is 0 Å². The highest BCUT2D eigenvalue weighted by Crippen LogP contribution is 2.43. The maximum Gasteiger partial charge on any atom is 0.450 e. The molecule has 4 rings (SSSR count). The van der Waals surface area contributed by atoms with Crippen molar-refractivity contribution in [2.45, 2.75) is 32.5 Å². The van der Waals surface area contributed by atoms with Crippen LogP contribution in [0.2, 0.25) is 0 Å². The van der Waals surface area contributed by atoms with Gasteiger partial charge in [0.15, 0.2) is 11.5 Å². The number of fused-ring (bicyclic) bond motifs is 2. The summed E-state index contributed by atoms with van der Waals surface area (Å²) < 4.78 is 58.0. The lowest BCUT2D eigenvalue weighted by molar-refractivity contribution is -0.152. The summed E-state index contributed by atoms with van der Waals surface area (Å²) in [5.41, 5.74) is -1.12. The monoisotopic (exact) mass is 449 g/mol. The minimum atomic E-state index is -4.94. The third-order valence-electron chi connectivity index (χ3n) is 5.30. The third kappa shape index (κ3) is 3.66. The Hall–Kier alpha value is -3.20. The minimum Gasteiger partial charge on any atom is -0.507 e. The average molecular weight is 449 g/mol. The molecule has 0 bridgehead atoms. The molecule has 2 heterocycles. The summed E-state index contributed by atoms with van der Waals surface area (Å²) in [4.78, 5) is 15.2. The van der Waals surface area contributed by atoms with E-state index in [0.717, 1.165) is 0 Å². The largest absolute Gasteiger partial charge is 0.507 e. The second-order valence-corrected chi connectivity index (χ2v) is 8.26. The van der Waals surface area contributed by atoms with Gasteiger partial charge in [0, 0.05) is 6.54 Å². The van der Waals surface area contributed by atoms with Crippen molar-refractivity contribution in [3.05, 3.63) is 51.4 Å². The van der Waals surface area contributed by atoms with Crippen molar-refractivity contribution in [3.63, 3.8) is 0 Å². The Balaban J connectivity index is 2.12. The van der Waals surface area contributed by atoms with E-state index < -0.39 is 22.9 Å². The van der Waals surface area contributed by atoms with Crippen LogP contribution in [0.4, 0.5) is 13.2 Å². The molecular formula is C23H22F3NO5. The first-order chi connectivity index (χ1) is 15.0. The van der Waals surface area contributed by atoms with Gasteiger partial charge in [-0.2, -0.15) is 13.2 Å². The van der Waals surface area contributed by atoms with Crippen molar-refractivity contribution in [2.75, 3.05) is 20.9 Å². The van der Waals surface area contributed by atoms with E-state index in [1.807, 2.05) is 13.8 Å². The molecular weight excluding hydrogens is 427 g/mol. The van der Waals surface area contributed by atoms with E-state index in [-0.39, 0.29) is 52.9 Å². The van der Waals surface area contributed by atoms with Gasteiger partial charge >= 0.3 is 6.18 Å². The number of halogens is 3. The van der Waals surface area contributed by atoms with Crippen molar-refractivity contribution in [3.8, 4) is 28.4 Å². The van der Waals surface area contributed by atoms with Crippen LogP contribution in [-0.4, -0.2) is 30.9 Å². The second-order valence-electron chi connectivity index (χ2n) is 8.26. The van der Waals surface area contributed by atoms with Gasteiger partial charge in [0.1, 0.15) is 11.3 Å². The summed E-state index contributed by atoms with van der Waals surface area (Å²) in [7, 11) is 3.41. The van der Waals surface area contributed by atoms with Crippen molar-refractivity contribution < 1.29 is 32.2 Å². The fourth-order valence-corrected chi connectivity index (χ4v) is 3.83. The number of alkyl halides is 3. The molecule has 32 heavy (non-hydrogen) atoms. The van der Waals surface area contributed by atoms with Crippen LogP contribution in [-0.2, 0) is 12.7 Å². The van der Waals surface area contributed by atoms with Crippen LogP contribution in [0.5, 0.6) is 17.2 Å². The van der Waals surface area contributed by atoms with Crippen LogP contribution < -0.4 is 14.9 Å². The maximum atomic E-state index is 14.1. The van der Waals surface area contributed by atoms with E-state index in [1.165, 1.54) is 24.3 Å². The number of benzene rings is 2. The Morgan fingerprint density at radius 1 is 1.12 bits per heavy atom. The zero-order chi connectivity index (χ0) is 23.4. The number of hydrogen-bond acceptors (Lipinski definition) is 6. The smallest absolute Gasteiger partial charge is 0.450 e. The van der Waals surface area contributed by atoms with Crippen LogP contribution in [0.15, 0.2) is 33.5 Å². The van der Waals surface area contributed by atoms with Gasteiger partial charge < -0.3 is 23.9 Å². The average Bonchev–Trinajstić information content (AvgIpc) is 3.16. The molecule has 2 aromatic carbocycles. The molecule has 0 amide bonds. The number of ether oxygens (including phenoxy) is 2. The van der Waals surface area contributed by atoms with Gasteiger partial charge in [0.05, 0.1) is 16.5 Å². The predicted octanol–water partition coefficient (Wildman–Crippen LogP) is 5.10. The van der Waals surface area contributed by atoms with Gasteiger partial charge in [-0.1, -0.05) is 19.9 Å². The Bertz CT molecular complexity index is 1260. The molecule has 0 aliphatic carbocycles. The normalized spacial score (nSPS) is 13.5. The van der Waals surface area contributed by atoms with E-state index in [4.69, 9.17) is 13.9 Å². The molecule has 0 unspecified atom stereocenters. The highest BCUT2D eigenvalue weighted by atomic mass is 19.4. The molecule has 0 saturated carbocycles. The van der Waals surface area contributed by atoms with Crippen molar-refractivity contribution in [1.82, 2.24) is 4.90 Å².